The molecular weight excluding hydrogens is 449 g/mol. The van der Waals surface area contributed by atoms with Gasteiger partial charge in [-0.25, -0.2) is 0 Å². The van der Waals surface area contributed by atoms with E-state index in [2.05, 4.69) is 46.5 Å². The van der Waals surface area contributed by atoms with E-state index in [0.29, 0.717) is 11.5 Å². The molecule has 1 aliphatic heterocycles. The molecule has 1 saturated heterocycles. The summed E-state index contributed by atoms with van der Waals surface area (Å²) in [6.45, 7) is 9.59. The molecule has 2 N–H and O–H groups in total. The van der Waals surface area contributed by atoms with Gasteiger partial charge < -0.3 is 10.6 Å². The van der Waals surface area contributed by atoms with Gasteiger partial charge in [-0.05, 0) is 50.2 Å². The second kappa shape index (κ2) is 11.2. The van der Waals surface area contributed by atoms with Gasteiger partial charge in [0.1, 0.15) is 0 Å². The number of nitrogens with zero attached hydrogens (tertiary/aromatic N) is 3. The van der Waals surface area contributed by atoms with Gasteiger partial charge in [-0.1, -0.05) is 25.8 Å². The van der Waals surface area contributed by atoms with Crippen LogP contribution in [0.25, 0.3) is 0 Å². The van der Waals surface area contributed by atoms with E-state index in [0.717, 1.165) is 51.5 Å². The molecule has 1 aliphatic carbocycles. The molecule has 5 nitrogen and oxygen atoms in total. The number of nitrogens with one attached hydrogen (secondary N) is 2. The lowest BCUT2D eigenvalue weighted by Crippen LogP contribution is -2.48. The minimum absolute atomic E-state index is 0. The summed E-state index contributed by atoms with van der Waals surface area (Å²) in [4.78, 5) is 11.9. The van der Waals surface area contributed by atoms with Crippen molar-refractivity contribution >= 4 is 29.9 Å². The molecular formula is C21H36IN5. The molecule has 0 unspecified atom stereocenters. The normalized spacial score (nSPS) is 20.9. The Bertz CT molecular complexity index is 563. The molecule has 1 aromatic rings. The van der Waals surface area contributed by atoms with Crippen LogP contribution in [0.4, 0.5) is 0 Å². The first kappa shape index (κ1) is 22.4. The summed E-state index contributed by atoms with van der Waals surface area (Å²) >= 11 is 0. The third kappa shape index (κ3) is 7.22. The fourth-order valence-electron chi connectivity index (χ4n) is 4.13. The highest BCUT2D eigenvalue weighted by molar-refractivity contribution is 14.0. The van der Waals surface area contributed by atoms with Crippen LogP contribution in [0.3, 0.4) is 0 Å². The molecule has 0 spiro atoms. The molecule has 0 radical (unpaired) electrons. The van der Waals surface area contributed by atoms with E-state index in [1.165, 1.54) is 31.4 Å². The van der Waals surface area contributed by atoms with Crippen molar-refractivity contribution in [2.45, 2.75) is 65.0 Å². The topological polar surface area (TPSA) is 52.6 Å². The summed E-state index contributed by atoms with van der Waals surface area (Å²) in [5, 5.41) is 7.12. The largest absolute Gasteiger partial charge is 0.357 e. The van der Waals surface area contributed by atoms with Crippen LogP contribution in [0, 0.1) is 5.41 Å². The standard InChI is InChI=1S/C21H35N5.HI/c1-3-22-20(24-17-21(2)11-5-6-12-21)25-18-9-14-26(15-10-18)16-19-8-4-7-13-23-19;/h4,7-8,13,18H,3,5-6,9-12,14-17H2,1-2H3,(H2,22,24,25);1H. The van der Waals surface area contributed by atoms with Gasteiger partial charge in [0.15, 0.2) is 5.96 Å². The van der Waals surface area contributed by atoms with Crippen molar-refractivity contribution in [2.75, 3.05) is 26.2 Å². The Morgan fingerprint density at radius 3 is 2.63 bits per heavy atom. The summed E-state index contributed by atoms with van der Waals surface area (Å²) in [6, 6.07) is 6.68. The maximum absolute atomic E-state index is 4.92. The van der Waals surface area contributed by atoms with Crippen LogP contribution in [0.5, 0.6) is 0 Å². The first-order valence-electron chi connectivity index (χ1n) is 10.3. The van der Waals surface area contributed by atoms with Gasteiger partial charge in [-0.2, -0.15) is 0 Å². The molecule has 3 rings (SSSR count). The highest BCUT2D eigenvalue weighted by Gasteiger charge is 2.28. The summed E-state index contributed by atoms with van der Waals surface area (Å²) in [7, 11) is 0. The molecule has 2 fully saturated rings. The Kier molecular flexibility index (Phi) is 9.29. The van der Waals surface area contributed by atoms with E-state index in [1.54, 1.807) is 0 Å². The van der Waals surface area contributed by atoms with E-state index < -0.39 is 0 Å². The van der Waals surface area contributed by atoms with Gasteiger partial charge in [0.2, 0.25) is 0 Å². The predicted molar refractivity (Wildman–Crippen MR) is 124 cm³/mol. The number of hydrogen-bond acceptors (Lipinski definition) is 3. The lowest BCUT2D eigenvalue weighted by atomic mass is 9.89. The number of aromatic nitrogens is 1. The lowest BCUT2D eigenvalue weighted by Gasteiger charge is -2.33. The Labute approximate surface area is 181 Å². The zero-order valence-electron chi connectivity index (χ0n) is 16.9. The minimum atomic E-state index is 0. The molecule has 27 heavy (non-hydrogen) atoms. The van der Waals surface area contributed by atoms with Crippen LogP contribution < -0.4 is 10.6 Å². The van der Waals surface area contributed by atoms with Crippen LogP contribution in [0.1, 0.15) is 58.1 Å². The SMILES string of the molecule is CCNC(=NCC1(C)CCCC1)NC1CCN(Cc2ccccn2)CC1.I. The highest BCUT2D eigenvalue weighted by Crippen LogP contribution is 2.37. The number of aliphatic imine (C=N–C) groups is 1. The number of rotatable bonds is 6. The fraction of sp³-hybridized carbons (Fsp3) is 0.714. The molecule has 0 amide bonds. The van der Waals surface area contributed by atoms with Crippen molar-refractivity contribution in [3.05, 3.63) is 30.1 Å². The third-order valence-electron chi connectivity index (χ3n) is 5.81. The summed E-state index contributed by atoms with van der Waals surface area (Å²) in [6.07, 6.45) is 9.58. The van der Waals surface area contributed by atoms with Crippen LogP contribution >= 0.6 is 24.0 Å². The second-order valence-corrected chi connectivity index (χ2v) is 8.23. The molecule has 0 bridgehead atoms. The van der Waals surface area contributed by atoms with Crippen molar-refractivity contribution in [3.8, 4) is 0 Å². The Morgan fingerprint density at radius 2 is 2.00 bits per heavy atom. The quantitative estimate of drug-likeness (QED) is 0.366. The summed E-state index contributed by atoms with van der Waals surface area (Å²) < 4.78 is 0. The van der Waals surface area contributed by atoms with Crippen molar-refractivity contribution in [1.82, 2.24) is 20.5 Å². The van der Waals surface area contributed by atoms with Crippen LogP contribution in [-0.4, -0.2) is 48.1 Å². The van der Waals surface area contributed by atoms with Crippen LogP contribution in [0.15, 0.2) is 29.4 Å². The number of halogens is 1. The number of piperidine rings is 1. The average Bonchev–Trinajstić information content (AvgIpc) is 3.09. The molecule has 6 heteroatoms. The minimum Gasteiger partial charge on any atom is -0.357 e. The van der Waals surface area contributed by atoms with E-state index in [9.17, 15) is 0 Å². The molecule has 152 valence electrons. The maximum atomic E-state index is 4.92. The summed E-state index contributed by atoms with van der Waals surface area (Å²) in [5.74, 6) is 1.00. The molecule has 0 aromatic carbocycles. The van der Waals surface area contributed by atoms with E-state index >= 15 is 0 Å². The fourth-order valence-corrected chi connectivity index (χ4v) is 4.13. The van der Waals surface area contributed by atoms with Crippen LogP contribution in [-0.2, 0) is 6.54 Å². The molecule has 1 aromatic heterocycles. The Hall–Kier alpha value is -0.890. The van der Waals surface area contributed by atoms with Gasteiger partial charge in [0, 0.05) is 45.0 Å². The Balaban J connectivity index is 0.00000261. The van der Waals surface area contributed by atoms with Gasteiger partial charge in [-0.3, -0.25) is 14.9 Å². The molecule has 1 saturated carbocycles. The van der Waals surface area contributed by atoms with E-state index in [1.807, 2.05) is 12.3 Å². The third-order valence-corrected chi connectivity index (χ3v) is 5.81. The molecule has 0 atom stereocenters. The van der Waals surface area contributed by atoms with Crippen molar-refractivity contribution < 1.29 is 0 Å². The molecule has 2 heterocycles. The average molecular weight is 485 g/mol. The number of likely N-dealkylation sites (tertiary alicyclic amines) is 1. The van der Waals surface area contributed by atoms with Gasteiger partial charge in [0.05, 0.1) is 5.69 Å². The lowest BCUT2D eigenvalue weighted by molar-refractivity contribution is 0.196. The highest BCUT2D eigenvalue weighted by atomic mass is 127. The predicted octanol–water partition coefficient (Wildman–Crippen LogP) is 3.80. The Morgan fingerprint density at radius 1 is 1.26 bits per heavy atom. The monoisotopic (exact) mass is 485 g/mol. The number of guanidine groups is 1. The number of pyridine rings is 1. The van der Waals surface area contributed by atoms with E-state index in [-0.39, 0.29) is 24.0 Å². The first-order valence-corrected chi connectivity index (χ1v) is 10.3. The van der Waals surface area contributed by atoms with E-state index in [4.69, 9.17) is 4.99 Å². The van der Waals surface area contributed by atoms with Crippen molar-refractivity contribution in [2.24, 2.45) is 10.4 Å². The van der Waals surface area contributed by atoms with Gasteiger partial charge in [0.25, 0.3) is 0 Å². The number of hydrogen-bond donors (Lipinski definition) is 2. The zero-order chi connectivity index (χ0) is 18.2. The van der Waals surface area contributed by atoms with Crippen molar-refractivity contribution in [1.29, 1.82) is 0 Å². The summed E-state index contributed by atoms with van der Waals surface area (Å²) in [5.41, 5.74) is 1.58. The zero-order valence-corrected chi connectivity index (χ0v) is 19.2. The van der Waals surface area contributed by atoms with Gasteiger partial charge >= 0.3 is 0 Å². The van der Waals surface area contributed by atoms with Crippen LogP contribution in [0.2, 0.25) is 0 Å². The smallest absolute Gasteiger partial charge is 0.191 e. The van der Waals surface area contributed by atoms with Gasteiger partial charge in [-0.15, -0.1) is 24.0 Å². The maximum Gasteiger partial charge on any atom is 0.191 e. The second-order valence-electron chi connectivity index (χ2n) is 8.23. The molecule has 2 aliphatic rings. The van der Waals surface area contributed by atoms with Crippen molar-refractivity contribution in [3.63, 3.8) is 0 Å². The first-order chi connectivity index (χ1) is 12.7.